The third-order valence-electron chi connectivity index (χ3n) is 8.25. The summed E-state index contributed by atoms with van der Waals surface area (Å²) in [6, 6.07) is 12.7. The minimum atomic E-state index is -1.02. The maximum Gasteiger partial charge on any atom is 0.412 e. The number of nitriles is 1. The summed E-state index contributed by atoms with van der Waals surface area (Å²) in [5.41, 5.74) is 2.14. The van der Waals surface area contributed by atoms with Gasteiger partial charge in [0, 0.05) is 36.0 Å². The van der Waals surface area contributed by atoms with E-state index >= 15 is 0 Å². The van der Waals surface area contributed by atoms with Crippen LogP contribution < -0.4 is 5.32 Å². The fourth-order valence-electron chi connectivity index (χ4n) is 5.74. The molecule has 1 aromatic heterocycles. The maximum absolute atomic E-state index is 13.3. The number of H-pyrrole nitrogens is 1. The minimum Gasteiger partial charge on any atom is -0.425 e. The number of nitrogens with zero attached hydrogens (tertiary/aromatic N) is 3. The van der Waals surface area contributed by atoms with Gasteiger partial charge in [-0.3, -0.25) is 14.7 Å². The van der Waals surface area contributed by atoms with Crippen molar-refractivity contribution in [3.8, 4) is 17.2 Å². The third-order valence-corrected chi connectivity index (χ3v) is 8.58. The van der Waals surface area contributed by atoms with E-state index in [1.54, 1.807) is 18.2 Å². The number of piperidine rings is 1. The molecule has 220 valence electrons. The molecular weight excluding hydrogens is 558 g/mol. The number of ether oxygens (including phenoxy) is 2. The zero-order chi connectivity index (χ0) is 29.9. The van der Waals surface area contributed by atoms with Crippen molar-refractivity contribution >= 4 is 46.3 Å². The average Bonchev–Trinajstić information content (AvgIpc) is 3.39. The molecular formula is C31H34ClN5O5. The molecule has 2 aliphatic rings. The highest BCUT2D eigenvalue weighted by Gasteiger charge is 2.38. The topological polar surface area (TPSA) is 137 Å². The normalized spacial score (nSPS) is 19.0. The quantitative estimate of drug-likeness (QED) is 0.250. The van der Waals surface area contributed by atoms with Crippen molar-refractivity contribution in [1.29, 1.82) is 5.26 Å². The lowest BCUT2D eigenvalue weighted by Crippen LogP contribution is -2.45. The van der Waals surface area contributed by atoms with Crippen LogP contribution in [-0.4, -0.2) is 52.4 Å². The van der Waals surface area contributed by atoms with Gasteiger partial charge in [0.15, 0.2) is 5.82 Å². The second-order valence-electron chi connectivity index (χ2n) is 11.4. The van der Waals surface area contributed by atoms with Gasteiger partial charge < -0.3 is 19.7 Å². The van der Waals surface area contributed by atoms with Gasteiger partial charge >= 0.3 is 12.1 Å². The number of likely N-dealkylation sites (tertiary alicyclic amines) is 1. The predicted octanol–water partition coefficient (Wildman–Crippen LogP) is 6.40. The van der Waals surface area contributed by atoms with E-state index in [0.29, 0.717) is 46.7 Å². The van der Waals surface area contributed by atoms with E-state index in [2.05, 4.69) is 21.6 Å². The number of fused-ring (bicyclic) bond motifs is 1. The fourth-order valence-corrected chi connectivity index (χ4v) is 5.97. The van der Waals surface area contributed by atoms with E-state index in [4.69, 9.17) is 21.1 Å². The first-order chi connectivity index (χ1) is 20.2. The van der Waals surface area contributed by atoms with Crippen molar-refractivity contribution in [3.05, 3.63) is 47.0 Å². The largest absolute Gasteiger partial charge is 0.425 e. The van der Waals surface area contributed by atoms with Gasteiger partial charge in [0.25, 0.3) is 0 Å². The Morgan fingerprint density at radius 2 is 1.93 bits per heavy atom. The summed E-state index contributed by atoms with van der Waals surface area (Å²) in [5.74, 6) is -0.712. The number of hydrogen-bond acceptors (Lipinski definition) is 7. The summed E-state index contributed by atoms with van der Waals surface area (Å²) in [4.78, 5) is 40.4. The molecule has 2 heterocycles. The smallest absolute Gasteiger partial charge is 0.412 e. The van der Waals surface area contributed by atoms with Crippen LogP contribution in [-0.2, 0) is 19.1 Å². The van der Waals surface area contributed by atoms with Crippen molar-refractivity contribution in [2.75, 3.05) is 18.4 Å². The van der Waals surface area contributed by atoms with E-state index in [-0.39, 0.29) is 18.4 Å². The second kappa shape index (κ2) is 12.4. The standard InChI is InChI=1S/C31H34ClN5O5/c1-19(41-29(39)31(2)12-4-3-5-13-31)42-30(40)37-14-6-7-22(18-37)28(38)34-27-24-16-21(9-11-26(24)35-36-27)23-15-20(17-33)8-10-25(23)32/h8-11,15-16,19,22H,3-7,12-14,18H2,1-2H3,(H2,34,35,36,38)/t19?,22-/m1/s1. The predicted molar refractivity (Wildman–Crippen MR) is 157 cm³/mol. The van der Waals surface area contributed by atoms with Crippen LogP contribution in [0.3, 0.4) is 0 Å². The molecule has 2 N–H and O–H groups in total. The summed E-state index contributed by atoms with van der Waals surface area (Å²) in [6.45, 7) is 4.06. The second-order valence-corrected chi connectivity index (χ2v) is 11.8. The summed E-state index contributed by atoms with van der Waals surface area (Å²) < 4.78 is 10.9. The van der Waals surface area contributed by atoms with E-state index in [1.165, 1.54) is 11.8 Å². The number of carbonyl (C=O) groups is 3. The van der Waals surface area contributed by atoms with Crippen LogP contribution in [0.4, 0.5) is 10.6 Å². The van der Waals surface area contributed by atoms with Crippen molar-refractivity contribution in [3.63, 3.8) is 0 Å². The summed E-state index contributed by atoms with van der Waals surface area (Å²) in [6.07, 6.45) is 4.20. The Morgan fingerprint density at radius 1 is 1.14 bits per heavy atom. The van der Waals surface area contributed by atoms with Crippen LogP contribution in [0.5, 0.6) is 0 Å². The molecule has 2 amide bonds. The lowest BCUT2D eigenvalue weighted by atomic mass is 9.76. The monoisotopic (exact) mass is 591 g/mol. The molecule has 1 unspecified atom stereocenters. The van der Waals surface area contributed by atoms with Gasteiger partial charge in [-0.15, -0.1) is 0 Å². The van der Waals surface area contributed by atoms with Gasteiger partial charge in [-0.2, -0.15) is 10.4 Å². The molecule has 3 aromatic rings. The highest BCUT2D eigenvalue weighted by atomic mass is 35.5. The molecule has 10 nitrogen and oxygen atoms in total. The number of aromatic nitrogens is 2. The molecule has 2 aromatic carbocycles. The van der Waals surface area contributed by atoms with Crippen molar-refractivity contribution in [2.45, 2.75) is 65.1 Å². The molecule has 2 atom stereocenters. The number of halogens is 1. The van der Waals surface area contributed by atoms with E-state index in [9.17, 15) is 19.6 Å². The highest BCUT2D eigenvalue weighted by molar-refractivity contribution is 6.33. The van der Waals surface area contributed by atoms with Crippen LogP contribution in [0, 0.1) is 22.7 Å². The molecule has 2 fully saturated rings. The van der Waals surface area contributed by atoms with E-state index in [0.717, 1.165) is 43.2 Å². The number of carbonyl (C=O) groups excluding carboxylic acids is 3. The van der Waals surface area contributed by atoms with Crippen molar-refractivity contribution in [1.82, 2.24) is 15.1 Å². The fraction of sp³-hybridized carbons (Fsp3) is 0.452. The number of esters is 1. The number of hydrogen-bond donors (Lipinski definition) is 2. The van der Waals surface area contributed by atoms with Gasteiger partial charge in [-0.05, 0) is 68.5 Å². The first kappa shape index (κ1) is 29.4. The molecule has 0 radical (unpaired) electrons. The molecule has 1 aliphatic heterocycles. The summed E-state index contributed by atoms with van der Waals surface area (Å²) in [7, 11) is 0. The Bertz CT molecular complexity index is 1540. The Kier molecular flexibility index (Phi) is 8.69. The maximum atomic E-state index is 13.3. The SMILES string of the molecule is CC(OC(=O)N1CCC[C@@H](C(=O)Nc2n[nH]c3ccc(-c4cc(C#N)ccc4Cl)cc23)C1)OC(=O)C1(C)CCCCC1. The summed E-state index contributed by atoms with van der Waals surface area (Å²) >= 11 is 6.41. The molecule has 42 heavy (non-hydrogen) atoms. The number of rotatable bonds is 6. The zero-order valence-electron chi connectivity index (χ0n) is 23.7. The van der Waals surface area contributed by atoms with Gasteiger partial charge in [-0.1, -0.05) is 36.9 Å². The number of anilines is 1. The van der Waals surface area contributed by atoms with Crippen molar-refractivity contribution in [2.24, 2.45) is 11.3 Å². The van der Waals surface area contributed by atoms with Crippen LogP contribution in [0.15, 0.2) is 36.4 Å². The Hall–Kier alpha value is -4.10. The lowest BCUT2D eigenvalue weighted by molar-refractivity contribution is -0.179. The Morgan fingerprint density at radius 3 is 2.69 bits per heavy atom. The zero-order valence-corrected chi connectivity index (χ0v) is 24.5. The Labute approximate surface area is 249 Å². The van der Waals surface area contributed by atoms with Crippen LogP contribution >= 0.6 is 11.6 Å². The van der Waals surface area contributed by atoms with Crippen LogP contribution in [0.2, 0.25) is 5.02 Å². The van der Waals surface area contributed by atoms with Gasteiger partial charge in [0.1, 0.15) is 0 Å². The third kappa shape index (κ3) is 6.36. The van der Waals surface area contributed by atoms with Crippen molar-refractivity contribution < 1.29 is 23.9 Å². The number of nitrogens with one attached hydrogen (secondary N) is 2. The summed E-state index contributed by atoms with van der Waals surface area (Å²) in [5, 5.41) is 20.6. The van der Waals surface area contributed by atoms with E-state index < -0.39 is 23.7 Å². The van der Waals surface area contributed by atoms with Crippen LogP contribution in [0.1, 0.15) is 64.4 Å². The lowest BCUT2D eigenvalue weighted by Gasteiger charge is -2.33. The first-order valence-electron chi connectivity index (χ1n) is 14.3. The minimum absolute atomic E-state index is 0.174. The molecule has 1 saturated carbocycles. The molecule has 0 bridgehead atoms. The molecule has 11 heteroatoms. The number of aromatic amines is 1. The molecule has 1 saturated heterocycles. The molecule has 0 spiro atoms. The first-order valence-corrected chi connectivity index (χ1v) is 14.7. The van der Waals surface area contributed by atoms with Crippen LogP contribution in [0.25, 0.3) is 22.0 Å². The average molecular weight is 592 g/mol. The molecule has 5 rings (SSSR count). The number of amides is 2. The Balaban J connectivity index is 1.21. The van der Waals surface area contributed by atoms with Gasteiger partial charge in [0.2, 0.25) is 12.2 Å². The highest BCUT2D eigenvalue weighted by Crippen LogP contribution is 2.37. The van der Waals surface area contributed by atoms with Gasteiger partial charge in [-0.25, -0.2) is 4.79 Å². The molecule has 1 aliphatic carbocycles. The number of benzene rings is 2. The van der Waals surface area contributed by atoms with E-state index in [1.807, 2.05) is 25.1 Å². The van der Waals surface area contributed by atoms with Gasteiger partial charge in [0.05, 0.1) is 28.5 Å².